The van der Waals surface area contributed by atoms with Crippen LogP contribution in [-0.2, 0) is 12.4 Å². The Hall–Kier alpha value is -6.09. The van der Waals surface area contributed by atoms with Crippen molar-refractivity contribution in [2.24, 2.45) is 0 Å². The number of benzene rings is 6. The molecule has 0 aliphatic heterocycles. The van der Waals surface area contributed by atoms with Crippen molar-refractivity contribution >= 4 is 46.2 Å². The Morgan fingerprint density at radius 1 is 0.274 bits per heavy atom. The van der Waals surface area contributed by atoms with Gasteiger partial charge in [-0.2, -0.15) is 26.3 Å². The van der Waals surface area contributed by atoms with Crippen molar-refractivity contribution in [3.05, 3.63) is 177 Å². The maximum absolute atomic E-state index is 14.5. The van der Waals surface area contributed by atoms with E-state index in [1.54, 1.807) is 0 Å². The molecule has 0 bridgehead atoms. The SMILES string of the molecule is Fc1cc(F)c(F)c(B(c2ccccc2C(F)(F)F)c2c(F)c(F)cc(F)c2F)c1F.Fc1cc(F)c(F)c(B(c2ccccc2C(F)(F)F)c2c(F)c(F)cc(F)c2F)c1F. The zero-order valence-electron chi connectivity index (χ0n) is 29.4. The lowest BCUT2D eigenvalue weighted by molar-refractivity contribution is -0.137. The van der Waals surface area contributed by atoms with Gasteiger partial charge in [0.15, 0.2) is 93.1 Å². The van der Waals surface area contributed by atoms with Gasteiger partial charge < -0.3 is 0 Å². The molecule has 0 heterocycles. The first kappa shape index (κ1) is 47.0. The van der Waals surface area contributed by atoms with Crippen LogP contribution in [0, 0.1) is 93.1 Å². The number of alkyl halides is 6. The Kier molecular flexibility index (Phi) is 13.1. The summed E-state index contributed by atoms with van der Waals surface area (Å²) in [7, 11) is 0. The van der Waals surface area contributed by atoms with E-state index in [0.717, 1.165) is 24.3 Å². The van der Waals surface area contributed by atoms with Gasteiger partial charge in [-0.25, -0.2) is 70.2 Å². The van der Waals surface area contributed by atoms with Crippen LogP contribution in [0.3, 0.4) is 0 Å². The maximum Gasteiger partial charge on any atom is 0.415 e. The summed E-state index contributed by atoms with van der Waals surface area (Å²) < 4.78 is 307. The van der Waals surface area contributed by atoms with E-state index in [9.17, 15) is 96.6 Å². The van der Waals surface area contributed by atoms with E-state index >= 15 is 0 Å². The molecule has 324 valence electrons. The highest BCUT2D eigenvalue weighted by molar-refractivity contribution is 6.96. The Bertz CT molecular complexity index is 2290. The first-order valence-electron chi connectivity index (χ1n) is 16.4. The molecule has 0 saturated heterocycles. The summed E-state index contributed by atoms with van der Waals surface area (Å²) in [5.74, 6) is -35.3. The quantitative estimate of drug-likeness (QED) is 0.0893. The molecule has 0 radical (unpaired) electrons. The van der Waals surface area contributed by atoms with Crippen LogP contribution < -0.4 is 32.8 Å². The van der Waals surface area contributed by atoms with E-state index in [-0.39, 0.29) is 24.3 Å². The van der Waals surface area contributed by atoms with Crippen LogP contribution in [0.2, 0.25) is 0 Å². The predicted octanol–water partition coefficient (Wildman–Crippen LogP) is 8.67. The second-order valence-corrected chi connectivity index (χ2v) is 12.6. The highest BCUT2D eigenvalue weighted by Gasteiger charge is 2.45. The van der Waals surface area contributed by atoms with Crippen molar-refractivity contribution in [1.82, 2.24) is 0 Å². The lowest BCUT2D eigenvalue weighted by Gasteiger charge is -2.22. The highest BCUT2D eigenvalue weighted by Crippen LogP contribution is 2.30. The van der Waals surface area contributed by atoms with E-state index < -0.39 is 163 Å². The molecule has 62 heavy (non-hydrogen) atoms. The molecular formula is C38H12B2F22. The van der Waals surface area contributed by atoms with Gasteiger partial charge in [0.2, 0.25) is 0 Å². The molecule has 24 heteroatoms. The van der Waals surface area contributed by atoms with Gasteiger partial charge >= 0.3 is 12.4 Å². The topological polar surface area (TPSA) is 0 Å². The third kappa shape index (κ3) is 8.67. The summed E-state index contributed by atoms with van der Waals surface area (Å²) in [4.78, 5) is 0. The van der Waals surface area contributed by atoms with E-state index in [1.165, 1.54) is 0 Å². The molecule has 0 unspecified atom stereocenters. The van der Waals surface area contributed by atoms with Crippen molar-refractivity contribution in [3.8, 4) is 0 Å². The zero-order chi connectivity index (χ0) is 46.5. The Balaban J connectivity index is 0.000000234. The van der Waals surface area contributed by atoms with Gasteiger partial charge in [0.25, 0.3) is 13.4 Å². The van der Waals surface area contributed by atoms with Crippen LogP contribution in [0.4, 0.5) is 96.6 Å². The lowest BCUT2D eigenvalue weighted by Crippen LogP contribution is -2.59. The summed E-state index contributed by atoms with van der Waals surface area (Å²) in [5.41, 5.74) is -13.7. The lowest BCUT2D eigenvalue weighted by atomic mass is 9.35. The average Bonchev–Trinajstić information content (AvgIpc) is 3.19. The molecule has 6 aromatic carbocycles. The third-order valence-corrected chi connectivity index (χ3v) is 8.89. The molecule has 0 atom stereocenters. The van der Waals surface area contributed by atoms with Crippen LogP contribution in [0.5, 0.6) is 0 Å². The first-order valence-corrected chi connectivity index (χ1v) is 16.4. The van der Waals surface area contributed by atoms with Gasteiger partial charge in [-0.1, -0.05) is 59.5 Å². The van der Waals surface area contributed by atoms with Crippen molar-refractivity contribution < 1.29 is 96.6 Å². The van der Waals surface area contributed by atoms with Crippen LogP contribution >= 0.6 is 0 Å². The van der Waals surface area contributed by atoms with Gasteiger partial charge in [-0.15, -0.1) is 0 Å². The van der Waals surface area contributed by atoms with E-state index in [4.69, 9.17) is 0 Å². The summed E-state index contributed by atoms with van der Waals surface area (Å²) >= 11 is 0. The maximum atomic E-state index is 14.5. The van der Waals surface area contributed by atoms with Crippen LogP contribution in [-0.4, -0.2) is 13.4 Å². The number of halogens is 22. The molecule has 6 aromatic rings. The number of hydrogen-bond acceptors (Lipinski definition) is 0. The van der Waals surface area contributed by atoms with E-state index in [2.05, 4.69) is 0 Å². The van der Waals surface area contributed by atoms with Crippen molar-refractivity contribution in [2.45, 2.75) is 12.4 Å². The molecular weight excluding hydrogens is 896 g/mol. The first-order chi connectivity index (χ1) is 28.7. The molecule has 0 N–H and O–H groups in total. The summed E-state index contributed by atoms with van der Waals surface area (Å²) in [6, 6.07) is 3.84. The van der Waals surface area contributed by atoms with Gasteiger partial charge in [0.05, 0.1) is 11.1 Å². The molecule has 0 fully saturated rings. The normalized spacial score (nSPS) is 11.7. The summed E-state index contributed by atoms with van der Waals surface area (Å²) in [5, 5.41) is 0. The van der Waals surface area contributed by atoms with Crippen molar-refractivity contribution in [2.75, 3.05) is 0 Å². The molecule has 6 rings (SSSR count). The van der Waals surface area contributed by atoms with Gasteiger partial charge in [-0.05, 0) is 0 Å². The molecule has 0 aliphatic carbocycles. The smallest absolute Gasteiger partial charge is 0.204 e. The highest BCUT2D eigenvalue weighted by atomic mass is 19.4. The Morgan fingerprint density at radius 2 is 0.452 bits per heavy atom. The van der Waals surface area contributed by atoms with E-state index in [1.807, 2.05) is 0 Å². The predicted molar refractivity (Wildman–Crippen MR) is 177 cm³/mol. The third-order valence-electron chi connectivity index (χ3n) is 8.89. The fourth-order valence-corrected chi connectivity index (χ4v) is 6.30. The van der Waals surface area contributed by atoms with Gasteiger partial charge in [0, 0.05) is 46.1 Å². The average molecular weight is 908 g/mol. The molecule has 0 aliphatic rings. The van der Waals surface area contributed by atoms with Crippen LogP contribution in [0.1, 0.15) is 11.1 Å². The molecule has 0 saturated carbocycles. The minimum Gasteiger partial charge on any atom is -0.204 e. The number of rotatable bonds is 6. The van der Waals surface area contributed by atoms with Crippen LogP contribution in [0.15, 0.2) is 72.8 Å². The molecule has 0 nitrogen and oxygen atoms in total. The van der Waals surface area contributed by atoms with Crippen molar-refractivity contribution in [3.63, 3.8) is 0 Å². The van der Waals surface area contributed by atoms with Gasteiger partial charge in [0.1, 0.15) is 0 Å². The van der Waals surface area contributed by atoms with Gasteiger partial charge in [-0.3, -0.25) is 0 Å². The van der Waals surface area contributed by atoms with Crippen molar-refractivity contribution in [1.29, 1.82) is 0 Å². The largest absolute Gasteiger partial charge is 0.415 e. The molecule has 0 amide bonds. The zero-order valence-corrected chi connectivity index (χ0v) is 29.4. The second-order valence-electron chi connectivity index (χ2n) is 12.6. The molecule has 0 aromatic heterocycles. The Labute approximate surface area is 332 Å². The summed E-state index contributed by atoms with van der Waals surface area (Å²) in [6.45, 7) is -5.90. The standard InChI is InChI=1S/2C19H6BF11/c2*21-9-5-10(22)16(26)13(15(9)25)20(8-4-2-1-3-7(8)19(29,30)31)14-17(27)11(23)6-12(24)18(14)28/h2*1-6H. The van der Waals surface area contributed by atoms with E-state index in [0.29, 0.717) is 24.3 Å². The fourth-order valence-electron chi connectivity index (χ4n) is 6.30. The summed E-state index contributed by atoms with van der Waals surface area (Å²) in [6.07, 6.45) is -10.6. The van der Waals surface area contributed by atoms with Crippen LogP contribution in [0.25, 0.3) is 0 Å². The minimum atomic E-state index is -5.29. The number of hydrogen-bond donors (Lipinski definition) is 0. The Morgan fingerprint density at radius 3 is 0.629 bits per heavy atom. The fraction of sp³-hybridized carbons (Fsp3) is 0.0526. The monoisotopic (exact) mass is 908 g/mol. The minimum absolute atomic E-state index is 0.292. The molecule has 0 spiro atoms. The second kappa shape index (κ2) is 17.3.